The molecule has 0 aliphatic rings. The second-order valence-electron chi connectivity index (χ2n) is 2.02. The maximum absolute atomic E-state index is 11.0. The average molecular weight is 245 g/mol. The maximum atomic E-state index is 11.0. The molecule has 0 spiro atoms. The molecule has 1 aromatic heterocycles. The predicted molar refractivity (Wildman–Crippen MR) is 51.5 cm³/mol. The van der Waals surface area contributed by atoms with Crippen molar-refractivity contribution in [3.63, 3.8) is 0 Å². The fourth-order valence-electron chi connectivity index (χ4n) is 0.731. The number of hydrogen-bond donors (Lipinski definition) is 0. The Kier molecular flexibility index (Phi) is 2.90. The van der Waals surface area contributed by atoms with Gasteiger partial charge in [0.15, 0.2) is 11.5 Å². The van der Waals surface area contributed by atoms with Crippen molar-refractivity contribution in [3.05, 3.63) is 14.7 Å². The van der Waals surface area contributed by atoms with Crippen LogP contribution in [0.4, 0.5) is 0 Å². The van der Waals surface area contributed by atoms with Gasteiger partial charge in [-0.3, -0.25) is 4.79 Å². The summed E-state index contributed by atoms with van der Waals surface area (Å²) in [5.41, 5.74) is 0. The van der Waals surface area contributed by atoms with Gasteiger partial charge in [-0.05, 0) is 15.9 Å². The van der Waals surface area contributed by atoms with Crippen molar-refractivity contribution in [2.24, 2.45) is 0 Å². The first kappa shape index (κ1) is 9.30. The molecule has 0 aliphatic heterocycles. The number of Topliss-reactive ketones (excluding diaryl/α,β-unsaturated/α-hetero) is 1. The van der Waals surface area contributed by atoms with E-state index in [0.717, 1.165) is 3.79 Å². The molecule has 1 heterocycles. The quantitative estimate of drug-likeness (QED) is 0.591. The van der Waals surface area contributed by atoms with Crippen molar-refractivity contribution in [2.75, 3.05) is 0 Å². The Bertz CT molecular complexity index is 348. The van der Waals surface area contributed by atoms with Crippen LogP contribution in [0.2, 0.25) is 0 Å². The normalized spacial score (nSPS) is 9.08. The Hall–Kier alpha value is -0.790. The van der Waals surface area contributed by atoms with Crippen LogP contribution in [-0.4, -0.2) is 5.78 Å². The highest BCUT2D eigenvalue weighted by molar-refractivity contribution is 9.11. The third-order valence-electron chi connectivity index (χ3n) is 1.16. The van der Waals surface area contributed by atoms with Crippen molar-refractivity contribution in [2.45, 2.75) is 6.92 Å². The Morgan fingerprint density at radius 3 is 3.00 bits per heavy atom. The van der Waals surface area contributed by atoms with E-state index in [1.807, 2.05) is 6.11 Å². The third kappa shape index (κ3) is 1.87. The molecule has 0 atom stereocenters. The maximum Gasteiger partial charge on any atom is 0.173 e. The van der Waals surface area contributed by atoms with Gasteiger partial charge in [0.05, 0.1) is 3.79 Å². The zero-order valence-electron chi connectivity index (χ0n) is 6.26. The predicted octanol–water partition coefficient (Wildman–Crippen LogP) is 2.68. The first-order valence-electron chi connectivity index (χ1n) is 3.08. The molecule has 0 saturated carbocycles. The minimum absolute atomic E-state index is 0.0454. The smallest absolute Gasteiger partial charge is 0.173 e. The molecule has 12 heavy (non-hydrogen) atoms. The van der Waals surface area contributed by atoms with E-state index >= 15 is 0 Å². The van der Waals surface area contributed by atoms with Crippen molar-refractivity contribution in [1.82, 2.24) is 0 Å². The number of carbonyl (C=O) groups excluding carboxylic acids is 1. The lowest BCUT2D eigenvalue weighted by molar-refractivity contribution is 0.101. The van der Waals surface area contributed by atoms with Gasteiger partial charge in [-0.15, -0.1) is 11.3 Å². The SMILES string of the molecule is C#COc1cc(Br)sc1C(C)=O. The summed E-state index contributed by atoms with van der Waals surface area (Å²) in [4.78, 5) is 11.5. The molecule has 0 aromatic carbocycles. The highest BCUT2D eigenvalue weighted by Crippen LogP contribution is 2.33. The topological polar surface area (TPSA) is 26.3 Å². The van der Waals surface area contributed by atoms with Crippen LogP contribution in [0.1, 0.15) is 16.6 Å². The number of hydrogen-bond acceptors (Lipinski definition) is 3. The van der Waals surface area contributed by atoms with Gasteiger partial charge < -0.3 is 4.74 Å². The van der Waals surface area contributed by atoms with E-state index in [4.69, 9.17) is 11.2 Å². The molecule has 0 aliphatic carbocycles. The second kappa shape index (κ2) is 3.74. The summed E-state index contributed by atoms with van der Waals surface area (Å²) in [6, 6.07) is 1.68. The van der Waals surface area contributed by atoms with Gasteiger partial charge in [-0.25, -0.2) is 0 Å². The number of halogens is 1. The molecule has 1 rings (SSSR count). The van der Waals surface area contributed by atoms with Crippen molar-refractivity contribution >= 4 is 33.0 Å². The van der Waals surface area contributed by atoms with Crippen LogP contribution >= 0.6 is 27.3 Å². The van der Waals surface area contributed by atoms with E-state index in [9.17, 15) is 4.79 Å². The standard InChI is InChI=1S/C8H5BrO2S/c1-3-11-6-4-7(9)12-8(6)5(2)10/h1,4H,2H3. The Morgan fingerprint density at radius 1 is 1.83 bits per heavy atom. The highest BCUT2D eigenvalue weighted by atomic mass is 79.9. The average Bonchev–Trinajstić information content (AvgIpc) is 2.32. The van der Waals surface area contributed by atoms with Gasteiger partial charge in [0, 0.05) is 13.0 Å². The summed E-state index contributed by atoms with van der Waals surface area (Å²) in [5.74, 6) is 0.401. The summed E-state index contributed by atoms with van der Waals surface area (Å²) < 4.78 is 5.64. The molecule has 0 unspecified atom stereocenters. The minimum atomic E-state index is -0.0454. The van der Waals surface area contributed by atoms with E-state index in [2.05, 4.69) is 15.9 Å². The Labute approximate surface area is 82.7 Å². The summed E-state index contributed by atoms with van der Waals surface area (Å²) >= 11 is 4.55. The number of ether oxygens (including phenoxy) is 1. The van der Waals surface area contributed by atoms with Gasteiger partial charge in [-0.1, -0.05) is 6.42 Å². The summed E-state index contributed by atoms with van der Waals surface area (Å²) in [5, 5.41) is 0. The van der Waals surface area contributed by atoms with Gasteiger partial charge in [0.1, 0.15) is 11.0 Å². The van der Waals surface area contributed by atoms with Gasteiger partial charge >= 0.3 is 0 Å². The number of thiophene rings is 1. The molecule has 62 valence electrons. The number of ketones is 1. The van der Waals surface area contributed by atoms with Crippen LogP contribution < -0.4 is 4.74 Å². The fourth-order valence-corrected chi connectivity index (χ4v) is 2.13. The molecule has 0 radical (unpaired) electrons. The van der Waals surface area contributed by atoms with Gasteiger partial charge in [0.2, 0.25) is 0 Å². The van der Waals surface area contributed by atoms with E-state index < -0.39 is 0 Å². The number of rotatable bonds is 2. The van der Waals surface area contributed by atoms with Crippen LogP contribution in [-0.2, 0) is 0 Å². The lowest BCUT2D eigenvalue weighted by Crippen LogP contribution is -1.90. The lowest BCUT2D eigenvalue weighted by Gasteiger charge is -1.93. The van der Waals surface area contributed by atoms with Crippen LogP contribution in [0.3, 0.4) is 0 Å². The fraction of sp³-hybridized carbons (Fsp3) is 0.125. The van der Waals surface area contributed by atoms with Crippen LogP contribution in [0, 0.1) is 12.5 Å². The third-order valence-corrected chi connectivity index (χ3v) is 2.88. The van der Waals surface area contributed by atoms with E-state index in [0.29, 0.717) is 10.6 Å². The van der Waals surface area contributed by atoms with Crippen LogP contribution in [0.15, 0.2) is 9.85 Å². The van der Waals surface area contributed by atoms with Crippen LogP contribution in [0.25, 0.3) is 0 Å². The zero-order valence-corrected chi connectivity index (χ0v) is 8.66. The van der Waals surface area contributed by atoms with Crippen molar-refractivity contribution in [1.29, 1.82) is 0 Å². The zero-order chi connectivity index (χ0) is 9.14. The molecule has 0 saturated heterocycles. The Morgan fingerprint density at radius 2 is 2.50 bits per heavy atom. The molecule has 0 N–H and O–H groups in total. The molecule has 0 bridgehead atoms. The van der Waals surface area contributed by atoms with E-state index in [1.54, 1.807) is 6.07 Å². The molecule has 4 heteroatoms. The summed E-state index contributed by atoms with van der Waals surface area (Å²) in [6.45, 7) is 1.47. The lowest BCUT2D eigenvalue weighted by atomic mass is 10.3. The minimum Gasteiger partial charge on any atom is -0.406 e. The molecular weight excluding hydrogens is 240 g/mol. The number of carbonyl (C=O) groups is 1. The van der Waals surface area contributed by atoms with Crippen molar-refractivity contribution in [3.8, 4) is 18.3 Å². The molecule has 0 amide bonds. The van der Waals surface area contributed by atoms with Crippen molar-refractivity contribution < 1.29 is 9.53 Å². The second-order valence-corrected chi connectivity index (χ2v) is 4.45. The highest BCUT2D eigenvalue weighted by Gasteiger charge is 2.12. The summed E-state index contributed by atoms with van der Waals surface area (Å²) in [6.07, 6.45) is 6.97. The van der Waals surface area contributed by atoms with Crippen LogP contribution in [0.5, 0.6) is 5.75 Å². The summed E-state index contributed by atoms with van der Waals surface area (Å²) in [7, 11) is 0. The van der Waals surface area contributed by atoms with Gasteiger partial charge in [0.25, 0.3) is 0 Å². The molecule has 1 aromatic rings. The molecule has 2 nitrogen and oxygen atoms in total. The van der Waals surface area contributed by atoms with E-state index in [1.165, 1.54) is 18.3 Å². The first-order chi connectivity index (χ1) is 5.65. The molecular formula is C8H5BrO2S. The monoisotopic (exact) mass is 244 g/mol. The van der Waals surface area contributed by atoms with E-state index in [-0.39, 0.29) is 5.78 Å². The van der Waals surface area contributed by atoms with Gasteiger partial charge in [-0.2, -0.15) is 0 Å². The number of terminal acetylenes is 1. The first-order valence-corrected chi connectivity index (χ1v) is 4.69. The largest absolute Gasteiger partial charge is 0.406 e. The molecule has 0 fully saturated rings. The Balaban J connectivity index is 3.10.